The number of hydrogen-bond donors (Lipinski definition) is 2. The fourth-order valence-corrected chi connectivity index (χ4v) is 2.45. The Morgan fingerprint density at radius 3 is 2.70 bits per heavy atom. The van der Waals surface area contributed by atoms with Gasteiger partial charge in [0.2, 0.25) is 5.75 Å². The van der Waals surface area contributed by atoms with E-state index in [0.29, 0.717) is 10.6 Å². The molecule has 0 unspecified atom stereocenters. The van der Waals surface area contributed by atoms with Gasteiger partial charge in [0.05, 0.1) is 19.9 Å². The van der Waals surface area contributed by atoms with Crippen molar-refractivity contribution in [3.8, 4) is 5.75 Å². The molecule has 0 spiro atoms. The van der Waals surface area contributed by atoms with Crippen molar-refractivity contribution in [3.05, 3.63) is 46.5 Å². The number of rotatable bonds is 5. The van der Waals surface area contributed by atoms with Crippen LogP contribution in [0.3, 0.4) is 0 Å². The van der Waals surface area contributed by atoms with Crippen LogP contribution in [0.1, 0.15) is 5.56 Å². The number of hydrogen-bond acceptors (Lipinski definition) is 5. The van der Waals surface area contributed by atoms with Gasteiger partial charge >= 0.3 is 5.97 Å². The van der Waals surface area contributed by atoms with Crippen LogP contribution in [0.25, 0.3) is 0 Å². The molecule has 0 atom stereocenters. The molecule has 6 nitrogen and oxygen atoms in total. The number of benzene rings is 1. The standard InChI is InChI=1S/C13H12N2O4S/c1-19-11-12(18)14-7-15-13(11)20-9-4-2-8(3-5-9)6-10(16)17/h2-5,7H,6H2,1H3,(H,16,17)(H,14,15,18). The quantitative estimate of drug-likeness (QED) is 0.812. The number of carboxylic acid groups (broad SMARTS) is 1. The number of nitrogens with one attached hydrogen (secondary N) is 1. The molecule has 0 aliphatic rings. The number of ether oxygens (including phenoxy) is 1. The van der Waals surface area contributed by atoms with Gasteiger partial charge in [-0.15, -0.1) is 0 Å². The molecule has 2 rings (SSSR count). The SMILES string of the molecule is COc1c(Sc2ccc(CC(=O)O)cc2)nc[nH]c1=O. The lowest BCUT2D eigenvalue weighted by atomic mass is 10.2. The molecule has 0 saturated carbocycles. The highest BCUT2D eigenvalue weighted by Gasteiger charge is 2.10. The Bertz CT molecular complexity index is 667. The van der Waals surface area contributed by atoms with E-state index in [-0.39, 0.29) is 17.7 Å². The molecule has 0 radical (unpaired) electrons. The van der Waals surface area contributed by atoms with Crippen molar-refractivity contribution < 1.29 is 14.6 Å². The van der Waals surface area contributed by atoms with Gasteiger partial charge in [-0.25, -0.2) is 4.98 Å². The molecular formula is C13H12N2O4S. The zero-order chi connectivity index (χ0) is 14.5. The maximum Gasteiger partial charge on any atom is 0.307 e. The van der Waals surface area contributed by atoms with Crippen LogP contribution >= 0.6 is 11.8 Å². The predicted octanol–water partition coefficient (Wildman–Crippen LogP) is 1.56. The van der Waals surface area contributed by atoms with E-state index in [1.807, 2.05) is 0 Å². The summed E-state index contributed by atoms with van der Waals surface area (Å²) < 4.78 is 5.02. The summed E-state index contributed by atoms with van der Waals surface area (Å²) in [4.78, 5) is 29.5. The van der Waals surface area contributed by atoms with Crippen molar-refractivity contribution in [2.75, 3.05) is 7.11 Å². The van der Waals surface area contributed by atoms with Crippen LogP contribution < -0.4 is 10.3 Å². The number of aliphatic carboxylic acids is 1. The zero-order valence-electron chi connectivity index (χ0n) is 10.6. The first kappa shape index (κ1) is 14.1. The maximum atomic E-state index is 11.5. The normalized spacial score (nSPS) is 10.2. The molecule has 0 fully saturated rings. The summed E-state index contributed by atoms with van der Waals surface area (Å²) in [6.45, 7) is 0. The van der Waals surface area contributed by atoms with Crippen LogP contribution in [0.5, 0.6) is 5.75 Å². The average Bonchev–Trinajstić information content (AvgIpc) is 2.41. The first-order valence-corrected chi connectivity index (χ1v) is 6.52. The number of aromatic nitrogens is 2. The lowest BCUT2D eigenvalue weighted by molar-refractivity contribution is -0.136. The molecule has 1 aromatic heterocycles. The molecule has 0 aliphatic carbocycles. The average molecular weight is 292 g/mol. The van der Waals surface area contributed by atoms with Crippen molar-refractivity contribution in [2.45, 2.75) is 16.3 Å². The molecule has 0 aliphatic heterocycles. The number of H-pyrrole nitrogens is 1. The van der Waals surface area contributed by atoms with E-state index in [0.717, 1.165) is 4.90 Å². The summed E-state index contributed by atoms with van der Waals surface area (Å²) in [5.74, 6) is -0.713. The second-order valence-electron chi connectivity index (χ2n) is 3.89. The van der Waals surface area contributed by atoms with Gasteiger partial charge in [0.15, 0.2) is 5.03 Å². The predicted molar refractivity (Wildman–Crippen MR) is 73.3 cm³/mol. The minimum absolute atomic E-state index is 0.0163. The van der Waals surface area contributed by atoms with E-state index in [9.17, 15) is 9.59 Å². The number of methoxy groups -OCH3 is 1. The third-order valence-corrected chi connectivity index (χ3v) is 3.47. The van der Waals surface area contributed by atoms with Crippen LogP contribution in [0.2, 0.25) is 0 Å². The Morgan fingerprint density at radius 1 is 1.40 bits per heavy atom. The minimum atomic E-state index is -0.872. The van der Waals surface area contributed by atoms with Crippen molar-refractivity contribution >= 4 is 17.7 Å². The van der Waals surface area contributed by atoms with Crippen molar-refractivity contribution in [3.63, 3.8) is 0 Å². The van der Waals surface area contributed by atoms with E-state index in [1.54, 1.807) is 24.3 Å². The number of aromatic amines is 1. The summed E-state index contributed by atoms with van der Waals surface area (Å²) >= 11 is 1.28. The fraction of sp³-hybridized carbons (Fsp3) is 0.154. The van der Waals surface area contributed by atoms with Gasteiger partial charge in [0, 0.05) is 4.90 Å². The van der Waals surface area contributed by atoms with Crippen molar-refractivity contribution in [2.24, 2.45) is 0 Å². The van der Waals surface area contributed by atoms with Crippen LogP contribution in [0, 0.1) is 0 Å². The van der Waals surface area contributed by atoms with Crippen molar-refractivity contribution in [1.29, 1.82) is 0 Å². The van der Waals surface area contributed by atoms with Gasteiger partial charge in [-0.3, -0.25) is 9.59 Å². The Morgan fingerprint density at radius 2 is 2.10 bits per heavy atom. The van der Waals surface area contributed by atoms with Gasteiger partial charge in [-0.2, -0.15) is 0 Å². The molecule has 0 amide bonds. The highest BCUT2D eigenvalue weighted by Crippen LogP contribution is 2.30. The lowest BCUT2D eigenvalue weighted by Gasteiger charge is -2.06. The summed E-state index contributed by atoms with van der Waals surface area (Å²) in [5.41, 5.74) is 0.375. The van der Waals surface area contributed by atoms with Crippen LogP contribution in [0.4, 0.5) is 0 Å². The Labute approximate surface area is 118 Å². The van der Waals surface area contributed by atoms with Gasteiger partial charge in [0.25, 0.3) is 5.56 Å². The van der Waals surface area contributed by atoms with Crippen LogP contribution in [-0.2, 0) is 11.2 Å². The molecule has 104 valence electrons. The summed E-state index contributed by atoms with van der Waals surface area (Å²) in [7, 11) is 1.41. The Balaban J connectivity index is 2.20. The third-order valence-electron chi connectivity index (χ3n) is 2.48. The van der Waals surface area contributed by atoms with E-state index in [4.69, 9.17) is 9.84 Å². The summed E-state index contributed by atoms with van der Waals surface area (Å²) in [6, 6.07) is 7.03. The smallest absolute Gasteiger partial charge is 0.307 e. The third kappa shape index (κ3) is 3.39. The largest absolute Gasteiger partial charge is 0.489 e. The second kappa shape index (κ2) is 6.25. The topological polar surface area (TPSA) is 92.3 Å². The van der Waals surface area contributed by atoms with Gasteiger partial charge in [0.1, 0.15) is 0 Å². The highest BCUT2D eigenvalue weighted by atomic mass is 32.2. The highest BCUT2D eigenvalue weighted by molar-refractivity contribution is 7.99. The monoisotopic (exact) mass is 292 g/mol. The number of carbonyl (C=O) groups is 1. The van der Waals surface area contributed by atoms with Crippen LogP contribution in [0.15, 0.2) is 45.3 Å². The Kier molecular flexibility index (Phi) is 4.41. The second-order valence-corrected chi connectivity index (χ2v) is 4.95. The molecule has 2 aromatic rings. The van der Waals surface area contributed by atoms with E-state index < -0.39 is 5.97 Å². The van der Waals surface area contributed by atoms with Gasteiger partial charge < -0.3 is 14.8 Å². The van der Waals surface area contributed by atoms with Crippen LogP contribution in [-0.4, -0.2) is 28.2 Å². The zero-order valence-corrected chi connectivity index (χ0v) is 11.4. The molecule has 1 aromatic carbocycles. The lowest BCUT2D eigenvalue weighted by Crippen LogP contribution is -2.10. The maximum absolute atomic E-state index is 11.5. The molecule has 1 heterocycles. The molecular weight excluding hydrogens is 280 g/mol. The Hall–Kier alpha value is -2.28. The first-order valence-electron chi connectivity index (χ1n) is 5.70. The summed E-state index contributed by atoms with van der Waals surface area (Å²) in [6.07, 6.45) is 1.30. The summed E-state index contributed by atoms with van der Waals surface area (Å²) in [5, 5.41) is 9.16. The van der Waals surface area contributed by atoms with E-state index in [2.05, 4.69) is 9.97 Å². The number of carboxylic acids is 1. The molecule has 2 N–H and O–H groups in total. The van der Waals surface area contributed by atoms with Crippen molar-refractivity contribution in [1.82, 2.24) is 9.97 Å². The molecule has 7 heteroatoms. The molecule has 20 heavy (non-hydrogen) atoms. The van der Waals surface area contributed by atoms with Gasteiger partial charge in [-0.05, 0) is 17.7 Å². The minimum Gasteiger partial charge on any atom is -0.489 e. The van der Waals surface area contributed by atoms with Gasteiger partial charge in [-0.1, -0.05) is 23.9 Å². The fourth-order valence-electron chi connectivity index (χ4n) is 1.59. The molecule has 0 saturated heterocycles. The molecule has 0 bridgehead atoms. The van der Waals surface area contributed by atoms with E-state index >= 15 is 0 Å². The first-order chi connectivity index (χ1) is 9.60. The number of nitrogens with zero attached hydrogens (tertiary/aromatic N) is 1. The van der Waals surface area contributed by atoms with E-state index in [1.165, 1.54) is 25.2 Å².